The highest BCUT2D eigenvalue weighted by Crippen LogP contribution is 2.38. The first kappa shape index (κ1) is 22.1. The maximum absolute atomic E-state index is 12.9. The lowest BCUT2D eigenvalue weighted by Gasteiger charge is -2.27. The minimum absolute atomic E-state index is 0.201. The predicted molar refractivity (Wildman–Crippen MR) is 116 cm³/mol. The van der Waals surface area contributed by atoms with E-state index in [-0.39, 0.29) is 12.1 Å². The van der Waals surface area contributed by atoms with Gasteiger partial charge in [0.1, 0.15) is 6.10 Å². The third-order valence-electron chi connectivity index (χ3n) is 4.99. The van der Waals surface area contributed by atoms with Crippen molar-refractivity contribution in [3.8, 4) is 17.2 Å². The van der Waals surface area contributed by atoms with Crippen molar-refractivity contribution in [1.29, 1.82) is 0 Å². The number of amides is 2. The van der Waals surface area contributed by atoms with Gasteiger partial charge >= 0.3 is 0 Å². The van der Waals surface area contributed by atoms with Gasteiger partial charge in [-0.3, -0.25) is 14.5 Å². The van der Waals surface area contributed by atoms with Crippen LogP contribution >= 0.6 is 0 Å². The summed E-state index contributed by atoms with van der Waals surface area (Å²) in [5.41, 5.74) is 1.45. The Labute approximate surface area is 181 Å². The number of carbonyl (C=O) groups is 2. The van der Waals surface area contributed by atoms with Crippen LogP contribution in [0, 0.1) is 0 Å². The van der Waals surface area contributed by atoms with Gasteiger partial charge in [0.25, 0.3) is 11.8 Å². The molecule has 0 radical (unpaired) electrons. The number of benzene rings is 2. The molecule has 2 aromatic rings. The molecule has 0 aromatic heterocycles. The standard InChI is InChI=1S/C24H25NO6/c1-29-19-14-16(15-20(30-2)23(19)31-3)11-12-21(26)25-13-7-10-18(24(25)28)22(27)17-8-5-4-6-9-17/h4-6,8-12,14-15,22,27H,7,13H2,1-3H3/b12-11+. The van der Waals surface area contributed by atoms with Crippen molar-refractivity contribution in [1.82, 2.24) is 4.90 Å². The van der Waals surface area contributed by atoms with E-state index >= 15 is 0 Å². The second-order valence-electron chi connectivity index (χ2n) is 6.85. The first-order chi connectivity index (χ1) is 15.0. The third kappa shape index (κ3) is 4.78. The molecule has 2 aromatic carbocycles. The van der Waals surface area contributed by atoms with Gasteiger partial charge in [-0.25, -0.2) is 0 Å². The monoisotopic (exact) mass is 423 g/mol. The van der Waals surface area contributed by atoms with E-state index in [0.29, 0.717) is 34.8 Å². The minimum atomic E-state index is -1.08. The Morgan fingerprint density at radius 1 is 1.06 bits per heavy atom. The van der Waals surface area contributed by atoms with Gasteiger partial charge in [-0.05, 0) is 35.8 Å². The van der Waals surface area contributed by atoms with Gasteiger partial charge in [0.15, 0.2) is 11.5 Å². The fourth-order valence-corrected chi connectivity index (χ4v) is 3.40. The zero-order chi connectivity index (χ0) is 22.4. The van der Waals surface area contributed by atoms with Gasteiger partial charge in [-0.2, -0.15) is 0 Å². The van der Waals surface area contributed by atoms with Crippen LogP contribution in [0.4, 0.5) is 0 Å². The molecule has 7 heteroatoms. The second kappa shape index (κ2) is 9.95. The largest absolute Gasteiger partial charge is 0.493 e. The Kier molecular flexibility index (Phi) is 7.10. The zero-order valence-electron chi connectivity index (χ0n) is 17.7. The van der Waals surface area contributed by atoms with E-state index in [2.05, 4.69) is 0 Å². The number of aliphatic hydroxyl groups is 1. The maximum atomic E-state index is 12.9. The normalized spacial score (nSPS) is 14.9. The zero-order valence-corrected chi connectivity index (χ0v) is 17.7. The summed E-state index contributed by atoms with van der Waals surface area (Å²) in [4.78, 5) is 26.7. The van der Waals surface area contributed by atoms with Crippen LogP contribution in [0.2, 0.25) is 0 Å². The molecular formula is C24H25NO6. The fraction of sp³-hybridized carbons (Fsp3) is 0.250. The molecule has 0 aliphatic carbocycles. The lowest BCUT2D eigenvalue weighted by atomic mass is 9.97. The van der Waals surface area contributed by atoms with E-state index in [1.807, 2.05) is 6.07 Å². The number of aliphatic hydroxyl groups excluding tert-OH is 1. The van der Waals surface area contributed by atoms with Crippen LogP contribution in [0.1, 0.15) is 23.7 Å². The average molecular weight is 423 g/mol. The van der Waals surface area contributed by atoms with Crippen LogP contribution in [0.25, 0.3) is 6.08 Å². The molecule has 162 valence electrons. The Morgan fingerprint density at radius 2 is 1.71 bits per heavy atom. The molecule has 1 atom stereocenters. The van der Waals surface area contributed by atoms with Crippen molar-refractivity contribution >= 4 is 17.9 Å². The Bertz CT molecular complexity index is 987. The third-order valence-corrected chi connectivity index (χ3v) is 4.99. The van der Waals surface area contributed by atoms with Crippen molar-refractivity contribution in [2.45, 2.75) is 12.5 Å². The quantitative estimate of drug-likeness (QED) is 0.689. The van der Waals surface area contributed by atoms with Crippen LogP contribution in [0.15, 0.2) is 60.2 Å². The molecule has 0 spiro atoms. The van der Waals surface area contributed by atoms with E-state index in [1.54, 1.807) is 48.6 Å². The van der Waals surface area contributed by atoms with Crippen LogP contribution in [0.5, 0.6) is 17.2 Å². The molecule has 1 aliphatic heterocycles. The summed E-state index contributed by atoms with van der Waals surface area (Å²) in [5, 5.41) is 10.6. The summed E-state index contributed by atoms with van der Waals surface area (Å²) in [6.45, 7) is 0.252. The number of hydrogen-bond acceptors (Lipinski definition) is 6. The van der Waals surface area contributed by atoms with Gasteiger partial charge in [0.05, 0.1) is 21.3 Å². The molecule has 1 heterocycles. The van der Waals surface area contributed by atoms with Gasteiger partial charge in [0.2, 0.25) is 5.75 Å². The van der Waals surface area contributed by atoms with Crippen molar-refractivity contribution < 1.29 is 28.9 Å². The summed E-state index contributed by atoms with van der Waals surface area (Å²) in [7, 11) is 4.53. The van der Waals surface area contributed by atoms with Gasteiger partial charge in [-0.15, -0.1) is 0 Å². The molecule has 0 saturated heterocycles. The van der Waals surface area contributed by atoms with Crippen LogP contribution in [0.3, 0.4) is 0 Å². The Morgan fingerprint density at radius 3 is 2.29 bits per heavy atom. The van der Waals surface area contributed by atoms with Crippen molar-refractivity contribution in [3.63, 3.8) is 0 Å². The predicted octanol–water partition coefficient (Wildman–Crippen LogP) is 3.14. The molecule has 1 N–H and O–H groups in total. The number of hydrogen-bond donors (Lipinski definition) is 1. The number of carbonyl (C=O) groups excluding carboxylic acids is 2. The molecule has 7 nitrogen and oxygen atoms in total. The van der Waals surface area contributed by atoms with Crippen LogP contribution in [-0.2, 0) is 9.59 Å². The molecule has 0 saturated carbocycles. The topological polar surface area (TPSA) is 85.3 Å². The summed E-state index contributed by atoms with van der Waals surface area (Å²) in [6, 6.07) is 12.3. The summed E-state index contributed by atoms with van der Waals surface area (Å²) >= 11 is 0. The van der Waals surface area contributed by atoms with Gasteiger partial charge in [-0.1, -0.05) is 36.4 Å². The highest BCUT2D eigenvalue weighted by molar-refractivity contribution is 6.09. The first-order valence-electron chi connectivity index (χ1n) is 9.77. The number of ether oxygens (including phenoxy) is 3. The number of rotatable bonds is 7. The molecule has 31 heavy (non-hydrogen) atoms. The smallest absolute Gasteiger partial charge is 0.259 e. The highest BCUT2D eigenvalue weighted by atomic mass is 16.5. The Balaban J connectivity index is 1.78. The maximum Gasteiger partial charge on any atom is 0.259 e. The summed E-state index contributed by atoms with van der Waals surface area (Å²) < 4.78 is 15.9. The Hall–Kier alpha value is -3.58. The van der Waals surface area contributed by atoms with Crippen molar-refractivity contribution in [3.05, 3.63) is 71.3 Å². The van der Waals surface area contributed by atoms with Crippen molar-refractivity contribution in [2.75, 3.05) is 27.9 Å². The molecule has 1 aliphatic rings. The molecule has 1 unspecified atom stereocenters. The summed E-state index contributed by atoms with van der Waals surface area (Å²) in [5.74, 6) is 0.398. The molecular weight excluding hydrogens is 398 g/mol. The van der Waals surface area contributed by atoms with Gasteiger partial charge in [0, 0.05) is 18.2 Å². The van der Waals surface area contributed by atoms with Gasteiger partial charge < -0.3 is 19.3 Å². The molecule has 0 bridgehead atoms. The lowest BCUT2D eigenvalue weighted by molar-refractivity contribution is -0.140. The fourth-order valence-electron chi connectivity index (χ4n) is 3.40. The first-order valence-corrected chi connectivity index (χ1v) is 9.77. The molecule has 0 fully saturated rings. The lowest BCUT2D eigenvalue weighted by Crippen LogP contribution is -2.41. The van der Waals surface area contributed by atoms with Crippen LogP contribution < -0.4 is 14.2 Å². The number of methoxy groups -OCH3 is 3. The van der Waals surface area contributed by atoms with Crippen LogP contribution in [-0.4, -0.2) is 49.7 Å². The number of nitrogens with zero attached hydrogens (tertiary/aromatic N) is 1. The second-order valence-corrected chi connectivity index (χ2v) is 6.85. The van der Waals surface area contributed by atoms with E-state index < -0.39 is 17.9 Å². The van der Waals surface area contributed by atoms with E-state index in [1.165, 1.54) is 27.4 Å². The van der Waals surface area contributed by atoms with Crippen molar-refractivity contribution in [2.24, 2.45) is 0 Å². The van der Waals surface area contributed by atoms with E-state index in [4.69, 9.17) is 14.2 Å². The highest BCUT2D eigenvalue weighted by Gasteiger charge is 2.30. The molecule has 2 amide bonds. The molecule has 3 rings (SSSR count). The van der Waals surface area contributed by atoms with E-state index in [0.717, 1.165) is 4.90 Å². The number of imide groups is 1. The minimum Gasteiger partial charge on any atom is -0.493 e. The SMILES string of the molecule is COc1cc(/C=C/C(=O)N2CCC=C(C(O)c3ccccc3)C2=O)cc(OC)c1OC. The average Bonchev–Trinajstić information content (AvgIpc) is 2.81. The van der Waals surface area contributed by atoms with E-state index in [9.17, 15) is 14.7 Å². The summed E-state index contributed by atoms with van der Waals surface area (Å²) in [6.07, 6.45) is 3.98.